The molecule has 19 heavy (non-hydrogen) atoms. The molecule has 2 aromatic rings. The highest BCUT2D eigenvalue weighted by molar-refractivity contribution is 7.11. The van der Waals surface area contributed by atoms with Crippen LogP contribution in [0.2, 0.25) is 0 Å². The van der Waals surface area contributed by atoms with E-state index in [0.29, 0.717) is 11.5 Å². The van der Waals surface area contributed by atoms with Gasteiger partial charge in [0, 0.05) is 12.1 Å². The third-order valence-electron chi connectivity index (χ3n) is 2.71. The molecular weight excluding hydrogens is 268 g/mol. The second-order valence-electron chi connectivity index (χ2n) is 3.92. The third kappa shape index (κ3) is 2.53. The maximum atomic E-state index is 11.6. The Bertz CT molecular complexity index is 586. The predicted molar refractivity (Wildman–Crippen MR) is 71.2 cm³/mol. The average Bonchev–Trinajstić information content (AvgIpc) is 2.91. The van der Waals surface area contributed by atoms with Crippen molar-refractivity contribution in [2.75, 3.05) is 18.2 Å². The van der Waals surface area contributed by atoms with Crippen molar-refractivity contribution in [1.82, 2.24) is 9.53 Å². The molecule has 0 aromatic carbocycles. The van der Waals surface area contributed by atoms with E-state index in [-0.39, 0.29) is 11.4 Å². The molecule has 0 aliphatic carbocycles. The van der Waals surface area contributed by atoms with Gasteiger partial charge in [-0.05, 0) is 25.4 Å². The molecule has 0 saturated heterocycles. The number of anilines is 2. The van der Waals surface area contributed by atoms with Gasteiger partial charge in [-0.15, -0.1) is 0 Å². The molecular formula is C11H14N4O3S. The molecule has 0 aliphatic rings. The van der Waals surface area contributed by atoms with Crippen molar-refractivity contribution in [3.8, 4) is 0 Å². The van der Waals surface area contributed by atoms with Crippen LogP contribution in [0.15, 0.2) is 4.52 Å². The van der Waals surface area contributed by atoms with Gasteiger partial charge in [-0.1, -0.05) is 5.16 Å². The van der Waals surface area contributed by atoms with Crippen molar-refractivity contribution in [3.05, 3.63) is 22.6 Å². The first-order valence-corrected chi connectivity index (χ1v) is 6.31. The van der Waals surface area contributed by atoms with E-state index >= 15 is 0 Å². The normalized spacial score (nSPS) is 10.5. The molecule has 2 rings (SSSR count). The number of ether oxygens (including phenoxy) is 1. The Kier molecular flexibility index (Phi) is 3.70. The molecule has 0 aliphatic heterocycles. The Balaban J connectivity index is 2.19. The molecule has 0 saturated carbocycles. The zero-order valence-corrected chi connectivity index (χ0v) is 11.6. The summed E-state index contributed by atoms with van der Waals surface area (Å²) in [5.74, 6) is 0.396. The molecule has 2 aromatic heterocycles. The van der Waals surface area contributed by atoms with Crippen LogP contribution in [0.3, 0.4) is 0 Å². The second kappa shape index (κ2) is 5.27. The molecule has 0 radical (unpaired) electrons. The molecule has 102 valence electrons. The number of carbonyl (C=O) groups excluding carboxylic acids is 1. The SMILES string of the molecule is COC(=O)c1c(N)nsc1NCc1c(C)noc1C. The number of aromatic nitrogens is 2. The summed E-state index contributed by atoms with van der Waals surface area (Å²) in [6, 6.07) is 0. The number of nitrogens with two attached hydrogens (primary N) is 1. The monoisotopic (exact) mass is 282 g/mol. The van der Waals surface area contributed by atoms with Gasteiger partial charge < -0.3 is 20.3 Å². The zero-order chi connectivity index (χ0) is 14.0. The van der Waals surface area contributed by atoms with E-state index in [1.165, 1.54) is 7.11 Å². The lowest BCUT2D eigenvalue weighted by Gasteiger charge is -2.05. The van der Waals surface area contributed by atoms with Crippen LogP contribution in [-0.4, -0.2) is 22.6 Å². The fourth-order valence-electron chi connectivity index (χ4n) is 1.65. The van der Waals surface area contributed by atoms with Gasteiger partial charge in [-0.3, -0.25) is 0 Å². The van der Waals surface area contributed by atoms with Crippen LogP contribution >= 0.6 is 11.5 Å². The number of hydrogen-bond donors (Lipinski definition) is 2. The number of carbonyl (C=O) groups is 1. The third-order valence-corrected chi connectivity index (χ3v) is 3.53. The van der Waals surface area contributed by atoms with Crippen LogP contribution < -0.4 is 11.1 Å². The van der Waals surface area contributed by atoms with Crippen molar-refractivity contribution in [1.29, 1.82) is 0 Å². The van der Waals surface area contributed by atoms with Gasteiger partial charge in [-0.2, -0.15) is 4.37 Å². The van der Waals surface area contributed by atoms with Crippen molar-refractivity contribution in [2.45, 2.75) is 20.4 Å². The number of nitrogen functional groups attached to an aromatic ring is 1. The lowest BCUT2D eigenvalue weighted by atomic mass is 10.2. The number of nitrogens with zero attached hydrogens (tertiary/aromatic N) is 2. The van der Waals surface area contributed by atoms with Crippen molar-refractivity contribution in [3.63, 3.8) is 0 Å². The Morgan fingerprint density at radius 1 is 1.53 bits per heavy atom. The minimum absolute atomic E-state index is 0.165. The summed E-state index contributed by atoms with van der Waals surface area (Å²) >= 11 is 1.12. The van der Waals surface area contributed by atoms with Crippen LogP contribution in [-0.2, 0) is 11.3 Å². The van der Waals surface area contributed by atoms with E-state index in [1.807, 2.05) is 13.8 Å². The van der Waals surface area contributed by atoms with E-state index in [1.54, 1.807) is 0 Å². The summed E-state index contributed by atoms with van der Waals surface area (Å²) in [6.45, 7) is 4.17. The average molecular weight is 282 g/mol. The molecule has 0 fully saturated rings. The van der Waals surface area contributed by atoms with Gasteiger partial charge in [0.05, 0.1) is 12.8 Å². The lowest BCUT2D eigenvalue weighted by molar-refractivity contribution is 0.0603. The molecule has 7 nitrogen and oxygen atoms in total. The fraction of sp³-hybridized carbons (Fsp3) is 0.364. The number of esters is 1. The molecule has 0 bridgehead atoms. The van der Waals surface area contributed by atoms with Crippen molar-refractivity contribution >= 4 is 28.3 Å². The van der Waals surface area contributed by atoms with E-state index in [4.69, 9.17) is 10.3 Å². The number of hydrogen-bond acceptors (Lipinski definition) is 8. The standard InChI is InChI=1S/C11H14N4O3S/c1-5-7(6(2)18-14-5)4-13-10-8(11(16)17-3)9(12)15-19-10/h13H,4H2,1-3H3,(H2,12,15). The number of rotatable bonds is 4. The molecule has 0 unspecified atom stereocenters. The number of methoxy groups -OCH3 is 1. The van der Waals surface area contributed by atoms with E-state index in [9.17, 15) is 4.79 Å². The Morgan fingerprint density at radius 3 is 2.84 bits per heavy atom. The topological polar surface area (TPSA) is 103 Å². The highest BCUT2D eigenvalue weighted by Crippen LogP contribution is 2.28. The number of nitrogens with one attached hydrogen (secondary N) is 1. The van der Waals surface area contributed by atoms with Crippen molar-refractivity contribution in [2.24, 2.45) is 0 Å². The van der Waals surface area contributed by atoms with Crippen LogP contribution in [0.5, 0.6) is 0 Å². The predicted octanol–water partition coefficient (Wildman–Crippen LogP) is 1.73. The minimum Gasteiger partial charge on any atom is -0.465 e. The molecule has 8 heteroatoms. The minimum atomic E-state index is -0.507. The summed E-state index contributed by atoms with van der Waals surface area (Å²) in [6.07, 6.45) is 0. The Hall–Kier alpha value is -2.09. The van der Waals surface area contributed by atoms with Gasteiger partial charge in [0.15, 0.2) is 5.82 Å². The molecule has 2 heterocycles. The van der Waals surface area contributed by atoms with Gasteiger partial charge in [0.2, 0.25) is 0 Å². The first-order valence-electron chi connectivity index (χ1n) is 5.53. The van der Waals surface area contributed by atoms with Crippen LogP contribution in [0.25, 0.3) is 0 Å². The molecule has 0 amide bonds. The zero-order valence-electron chi connectivity index (χ0n) is 10.8. The smallest absolute Gasteiger partial charge is 0.344 e. The van der Waals surface area contributed by atoms with Gasteiger partial charge in [0.1, 0.15) is 16.3 Å². The maximum absolute atomic E-state index is 11.6. The quantitative estimate of drug-likeness (QED) is 0.823. The van der Waals surface area contributed by atoms with Crippen LogP contribution in [0.4, 0.5) is 10.8 Å². The summed E-state index contributed by atoms with van der Waals surface area (Å²) < 4.78 is 13.7. The van der Waals surface area contributed by atoms with Gasteiger partial charge in [-0.25, -0.2) is 4.79 Å². The van der Waals surface area contributed by atoms with E-state index in [2.05, 4.69) is 19.6 Å². The second-order valence-corrected chi connectivity index (χ2v) is 4.69. The van der Waals surface area contributed by atoms with Crippen molar-refractivity contribution < 1.29 is 14.1 Å². The summed E-state index contributed by atoms with van der Waals surface area (Å²) in [5.41, 5.74) is 7.67. The molecule has 0 atom stereocenters. The fourth-order valence-corrected chi connectivity index (χ4v) is 2.34. The maximum Gasteiger partial charge on any atom is 0.344 e. The summed E-state index contributed by atoms with van der Waals surface area (Å²) in [7, 11) is 1.30. The summed E-state index contributed by atoms with van der Waals surface area (Å²) in [5, 5.41) is 7.55. The van der Waals surface area contributed by atoms with Crippen LogP contribution in [0.1, 0.15) is 27.4 Å². The Morgan fingerprint density at radius 2 is 2.26 bits per heavy atom. The van der Waals surface area contributed by atoms with Gasteiger partial charge >= 0.3 is 5.97 Å². The highest BCUT2D eigenvalue weighted by atomic mass is 32.1. The lowest BCUT2D eigenvalue weighted by Crippen LogP contribution is -2.08. The van der Waals surface area contributed by atoms with Crippen LogP contribution in [0, 0.1) is 13.8 Å². The van der Waals surface area contributed by atoms with E-state index < -0.39 is 5.97 Å². The van der Waals surface area contributed by atoms with Gasteiger partial charge in [0.25, 0.3) is 0 Å². The largest absolute Gasteiger partial charge is 0.465 e. The summed E-state index contributed by atoms with van der Waals surface area (Å²) in [4.78, 5) is 11.6. The molecule has 0 spiro atoms. The first kappa shape index (κ1) is 13.3. The Labute approximate surface area is 113 Å². The first-order chi connectivity index (χ1) is 9.04. The molecule has 3 N–H and O–H groups in total. The van der Waals surface area contributed by atoms with E-state index in [0.717, 1.165) is 28.6 Å². The number of aryl methyl sites for hydroxylation is 2. The highest BCUT2D eigenvalue weighted by Gasteiger charge is 2.20.